The Kier molecular flexibility index (Phi) is 3.57. The van der Waals surface area contributed by atoms with Crippen LogP contribution in [0.2, 0.25) is 0 Å². The zero-order chi connectivity index (χ0) is 12.3. The van der Waals surface area contributed by atoms with Gasteiger partial charge >= 0.3 is 5.97 Å². The van der Waals surface area contributed by atoms with Crippen LogP contribution in [-0.4, -0.2) is 18.4 Å². The van der Waals surface area contributed by atoms with E-state index < -0.39 is 0 Å². The van der Waals surface area contributed by atoms with E-state index in [-0.39, 0.29) is 11.8 Å². The molecule has 1 aromatic rings. The fourth-order valence-electron chi connectivity index (χ4n) is 1.71. The fourth-order valence-corrected chi connectivity index (χ4v) is 1.71. The number of ketones is 1. The number of carbonyl (C=O) groups excluding carboxylic acids is 2. The second-order valence-corrected chi connectivity index (χ2v) is 4.37. The van der Waals surface area contributed by atoms with Gasteiger partial charge in [-0.1, -0.05) is 12.1 Å². The summed E-state index contributed by atoms with van der Waals surface area (Å²) in [5.74, 6) is 0.420. The van der Waals surface area contributed by atoms with Crippen molar-refractivity contribution in [3.05, 3.63) is 35.4 Å². The summed E-state index contributed by atoms with van der Waals surface area (Å²) in [6.45, 7) is 2.13. The number of hydrogen-bond acceptors (Lipinski definition) is 3. The molecule has 3 heteroatoms. The molecule has 0 aromatic heterocycles. The van der Waals surface area contributed by atoms with Crippen LogP contribution in [0.15, 0.2) is 24.3 Å². The largest absolute Gasteiger partial charge is 0.462 e. The molecule has 2 rings (SSSR count). The molecule has 0 atom stereocenters. The Hall–Kier alpha value is -1.64. The second-order valence-electron chi connectivity index (χ2n) is 4.37. The zero-order valence-corrected chi connectivity index (χ0v) is 9.94. The number of benzene rings is 1. The maximum atomic E-state index is 11.8. The topological polar surface area (TPSA) is 43.4 Å². The van der Waals surface area contributed by atoms with E-state index in [2.05, 4.69) is 0 Å². The lowest BCUT2D eigenvalue weighted by atomic mass is 10.0. The Morgan fingerprint density at radius 1 is 1.18 bits per heavy atom. The maximum absolute atomic E-state index is 11.8. The lowest BCUT2D eigenvalue weighted by Gasteiger charge is -2.03. The van der Waals surface area contributed by atoms with E-state index in [0.29, 0.717) is 30.1 Å². The van der Waals surface area contributed by atoms with E-state index in [0.717, 1.165) is 0 Å². The molecule has 0 saturated heterocycles. The Labute approximate surface area is 101 Å². The number of carbonyl (C=O) groups is 2. The molecule has 1 aromatic carbocycles. The molecule has 0 radical (unpaired) electrons. The van der Waals surface area contributed by atoms with Crippen LogP contribution in [0.4, 0.5) is 0 Å². The monoisotopic (exact) mass is 232 g/mol. The molecular formula is C14H16O3. The molecule has 0 aliphatic heterocycles. The van der Waals surface area contributed by atoms with Crippen molar-refractivity contribution in [2.45, 2.75) is 26.2 Å². The van der Waals surface area contributed by atoms with Crippen LogP contribution in [0.3, 0.4) is 0 Å². The summed E-state index contributed by atoms with van der Waals surface area (Å²) >= 11 is 0. The van der Waals surface area contributed by atoms with Crippen molar-refractivity contribution in [2.24, 2.45) is 5.92 Å². The first kappa shape index (κ1) is 11.8. The predicted molar refractivity (Wildman–Crippen MR) is 64.1 cm³/mol. The van der Waals surface area contributed by atoms with Gasteiger partial charge < -0.3 is 4.74 Å². The smallest absolute Gasteiger partial charge is 0.338 e. The molecule has 1 aliphatic carbocycles. The molecule has 0 N–H and O–H groups in total. The summed E-state index contributed by atoms with van der Waals surface area (Å²) < 4.78 is 4.88. The highest BCUT2D eigenvalue weighted by atomic mass is 16.5. The highest BCUT2D eigenvalue weighted by Gasteiger charge is 2.24. The number of hydrogen-bond donors (Lipinski definition) is 0. The van der Waals surface area contributed by atoms with Gasteiger partial charge in [0.05, 0.1) is 12.2 Å². The average molecular weight is 232 g/mol. The molecule has 0 spiro atoms. The van der Waals surface area contributed by atoms with E-state index >= 15 is 0 Å². The number of Topliss-reactive ketones (excluding diaryl/α,β-unsaturated/α-hetero) is 1. The lowest BCUT2D eigenvalue weighted by molar-refractivity contribution is 0.0526. The summed E-state index contributed by atoms with van der Waals surface area (Å²) in [5.41, 5.74) is 1.18. The van der Waals surface area contributed by atoms with Gasteiger partial charge in [-0.3, -0.25) is 4.79 Å². The Balaban J connectivity index is 2.01. The molecule has 17 heavy (non-hydrogen) atoms. The summed E-state index contributed by atoms with van der Waals surface area (Å²) in [6.07, 6.45) is 2.98. The molecule has 90 valence electrons. The van der Waals surface area contributed by atoms with Crippen molar-refractivity contribution in [1.82, 2.24) is 0 Å². The van der Waals surface area contributed by atoms with Crippen LogP contribution in [0.5, 0.6) is 0 Å². The molecule has 0 unspecified atom stereocenters. The average Bonchev–Trinajstić information content (AvgIpc) is 3.13. The maximum Gasteiger partial charge on any atom is 0.338 e. The third-order valence-electron chi connectivity index (χ3n) is 2.89. The zero-order valence-electron chi connectivity index (χ0n) is 9.94. The SMILES string of the molecule is CCOC(=O)c1ccc(C(=O)CC2CC2)cc1. The van der Waals surface area contributed by atoms with Crippen molar-refractivity contribution in [2.75, 3.05) is 6.61 Å². The molecule has 0 amide bonds. The highest BCUT2D eigenvalue weighted by Crippen LogP contribution is 2.33. The second kappa shape index (κ2) is 5.13. The van der Waals surface area contributed by atoms with Crippen molar-refractivity contribution >= 4 is 11.8 Å². The molecule has 1 fully saturated rings. The first-order chi connectivity index (χ1) is 8.20. The first-order valence-corrected chi connectivity index (χ1v) is 6.01. The third kappa shape index (κ3) is 3.16. The molecule has 1 aliphatic rings. The van der Waals surface area contributed by atoms with Gasteiger partial charge in [0.25, 0.3) is 0 Å². The van der Waals surface area contributed by atoms with Crippen LogP contribution in [0.25, 0.3) is 0 Å². The predicted octanol–water partition coefficient (Wildman–Crippen LogP) is 2.85. The van der Waals surface area contributed by atoms with E-state index in [1.165, 1.54) is 12.8 Å². The summed E-state index contributed by atoms with van der Waals surface area (Å²) in [6, 6.07) is 6.71. The van der Waals surface area contributed by atoms with E-state index in [4.69, 9.17) is 4.74 Å². The lowest BCUT2D eigenvalue weighted by Crippen LogP contribution is -2.06. The van der Waals surface area contributed by atoms with Gasteiger partial charge in [0.1, 0.15) is 0 Å². The minimum Gasteiger partial charge on any atom is -0.462 e. The molecule has 1 saturated carbocycles. The Morgan fingerprint density at radius 2 is 1.76 bits per heavy atom. The third-order valence-corrected chi connectivity index (χ3v) is 2.89. The van der Waals surface area contributed by atoms with Crippen LogP contribution in [0, 0.1) is 5.92 Å². The molecule has 0 bridgehead atoms. The number of esters is 1. The first-order valence-electron chi connectivity index (χ1n) is 6.01. The Morgan fingerprint density at radius 3 is 2.29 bits per heavy atom. The van der Waals surface area contributed by atoms with Gasteiger partial charge in [0, 0.05) is 12.0 Å². The van der Waals surface area contributed by atoms with Gasteiger partial charge in [-0.2, -0.15) is 0 Å². The normalized spacial score (nSPS) is 14.4. The fraction of sp³-hybridized carbons (Fsp3) is 0.429. The van der Waals surface area contributed by atoms with Crippen molar-refractivity contribution in [3.63, 3.8) is 0 Å². The van der Waals surface area contributed by atoms with Gasteiger partial charge in [-0.25, -0.2) is 4.79 Å². The van der Waals surface area contributed by atoms with Gasteiger partial charge in [0.15, 0.2) is 5.78 Å². The van der Waals surface area contributed by atoms with Crippen LogP contribution >= 0.6 is 0 Å². The quantitative estimate of drug-likeness (QED) is 0.579. The van der Waals surface area contributed by atoms with Gasteiger partial charge in [0.2, 0.25) is 0 Å². The summed E-state index contributed by atoms with van der Waals surface area (Å²) in [5, 5.41) is 0. The van der Waals surface area contributed by atoms with Crippen LogP contribution in [-0.2, 0) is 4.74 Å². The van der Waals surface area contributed by atoms with Crippen molar-refractivity contribution in [3.8, 4) is 0 Å². The minimum absolute atomic E-state index is 0.169. The summed E-state index contributed by atoms with van der Waals surface area (Å²) in [4.78, 5) is 23.2. The van der Waals surface area contributed by atoms with Gasteiger partial charge in [-0.15, -0.1) is 0 Å². The Bertz CT molecular complexity index is 416. The summed E-state index contributed by atoms with van der Waals surface area (Å²) in [7, 11) is 0. The standard InChI is InChI=1S/C14H16O3/c1-2-17-14(16)12-7-5-11(6-8-12)13(15)9-10-3-4-10/h5-8,10H,2-4,9H2,1H3. The van der Waals surface area contributed by atoms with Crippen molar-refractivity contribution < 1.29 is 14.3 Å². The van der Waals surface area contributed by atoms with Gasteiger partial charge in [-0.05, 0) is 37.8 Å². The van der Waals surface area contributed by atoms with Crippen LogP contribution < -0.4 is 0 Å². The van der Waals surface area contributed by atoms with Crippen LogP contribution in [0.1, 0.15) is 46.9 Å². The highest BCUT2D eigenvalue weighted by molar-refractivity contribution is 5.97. The molecule has 0 heterocycles. The van der Waals surface area contributed by atoms with E-state index in [9.17, 15) is 9.59 Å². The minimum atomic E-state index is -0.339. The number of rotatable bonds is 5. The van der Waals surface area contributed by atoms with E-state index in [1.54, 1.807) is 31.2 Å². The molecular weight excluding hydrogens is 216 g/mol. The number of ether oxygens (including phenoxy) is 1. The van der Waals surface area contributed by atoms with Crippen molar-refractivity contribution in [1.29, 1.82) is 0 Å². The van der Waals surface area contributed by atoms with E-state index in [1.807, 2.05) is 0 Å². The molecule has 3 nitrogen and oxygen atoms in total.